The van der Waals surface area contributed by atoms with Crippen LogP contribution < -0.4 is 11.3 Å². The van der Waals surface area contributed by atoms with Crippen LogP contribution in [0.3, 0.4) is 0 Å². The maximum Gasteiger partial charge on any atom is 0.246 e. The number of pyridine rings is 1. The molecule has 0 fully saturated rings. The number of methoxy groups -OCH3 is 1. The molecule has 1 rings (SSSR count). The van der Waals surface area contributed by atoms with Crippen molar-refractivity contribution in [1.29, 1.82) is 0 Å². The van der Waals surface area contributed by atoms with Crippen molar-refractivity contribution in [1.82, 2.24) is 9.29 Å². The largest absolute Gasteiger partial charge is 0.383 e. The van der Waals surface area contributed by atoms with Gasteiger partial charge in [-0.25, -0.2) is 19.2 Å². The second-order valence-corrected chi connectivity index (χ2v) is 6.85. The molecule has 1 heterocycles. The van der Waals surface area contributed by atoms with Crippen LogP contribution in [-0.4, -0.2) is 44.5 Å². The number of nitrogens with two attached hydrogens (primary N) is 1. The van der Waals surface area contributed by atoms with E-state index < -0.39 is 10.0 Å². The molecule has 1 atom stereocenters. The monoisotopic (exact) mass is 352 g/mol. The van der Waals surface area contributed by atoms with Gasteiger partial charge in [-0.1, -0.05) is 0 Å². The number of likely N-dealkylation sites (N-methyl/N-ethyl adjacent to an activating group) is 1. The van der Waals surface area contributed by atoms with Crippen LogP contribution in [0.5, 0.6) is 0 Å². The molecule has 19 heavy (non-hydrogen) atoms. The minimum absolute atomic E-state index is 0.00910. The first-order chi connectivity index (χ1) is 8.84. The summed E-state index contributed by atoms with van der Waals surface area (Å²) in [7, 11) is -0.703. The Balaban J connectivity index is 3.23. The van der Waals surface area contributed by atoms with E-state index in [9.17, 15) is 8.42 Å². The van der Waals surface area contributed by atoms with Crippen molar-refractivity contribution in [3.05, 3.63) is 16.7 Å². The Hall–Kier alpha value is -0.740. The standard InChI is InChI=1S/C10H17BrN4O3S/c1-7(6-18-3)15(2)19(16,17)9-4-8(11)5-13-10(9)14-12/h4-5,7H,6,12H2,1-3H3,(H,13,14). The molecule has 0 amide bonds. The second kappa shape index (κ2) is 6.62. The van der Waals surface area contributed by atoms with Crippen molar-refractivity contribution >= 4 is 31.8 Å². The minimum Gasteiger partial charge on any atom is -0.383 e. The number of nitrogens with zero attached hydrogens (tertiary/aromatic N) is 2. The van der Waals surface area contributed by atoms with Gasteiger partial charge in [0.05, 0.1) is 6.61 Å². The summed E-state index contributed by atoms with van der Waals surface area (Å²) >= 11 is 3.20. The third kappa shape index (κ3) is 3.63. The van der Waals surface area contributed by atoms with E-state index in [-0.39, 0.29) is 16.8 Å². The van der Waals surface area contributed by atoms with Crippen molar-refractivity contribution in [2.75, 3.05) is 26.2 Å². The zero-order valence-corrected chi connectivity index (χ0v) is 13.3. The summed E-state index contributed by atoms with van der Waals surface area (Å²) in [6, 6.07) is 1.15. The summed E-state index contributed by atoms with van der Waals surface area (Å²) in [6.45, 7) is 2.05. The van der Waals surface area contributed by atoms with E-state index in [1.54, 1.807) is 6.92 Å². The van der Waals surface area contributed by atoms with E-state index in [4.69, 9.17) is 10.6 Å². The van der Waals surface area contributed by atoms with E-state index in [2.05, 4.69) is 26.3 Å². The molecular weight excluding hydrogens is 336 g/mol. The molecule has 108 valence electrons. The first kappa shape index (κ1) is 16.3. The number of anilines is 1. The van der Waals surface area contributed by atoms with Crippen LogP contribution in [0, 0.1) is 0 Å². The van der Waals surface area contributed by atoms with Crippen molar-refractivity contribution in [3.8, 4) is 0 Å². The van der Waals surface area contributed by atoms with Gasteiger partial charge in [0.15, 0.2) is 5.82 Å². The number of hydrogen-bond donors (Lipinski definition) is 2. The molecule has 0 aliphatic heterocycles. The van der Waals surface area contributed by atoms with Crippen molar-refractivity contribution < 1.29 is 13.2 Å². The van der Waals surface area contributed by atoms with E-state index in [0.29, 0.717) is 11.1 Å². The lowest BCUT2D eigenvalue weighted by molar-refractivity contribution is 0.149. The lowest BCUT2D eigenvalue weighted by Crippen LogP contribution is -2.38. The molecule has 0 spiro atoms. The summed E-state index contributed by atoms with van der Waals surface area (Å²) < 4.78 is 31.7. The van der Waals surface area contributed by atoms with Gasteiger partial charge in [0.2, 0.25) is 10.0 Å². The van der Waals surface area contributed by atoms with Gasteiger partial charge in [-0.15, -0.1) is 0 Å². The summed E-state index contributed by atoms with van der Waals surface area (Å²) in [5, 5.41) is 0. The number of hydrazine groups is 1. The predicted molar refractivity (Wildman–Crippen MR) is 76.0 cm³/mol. The van der Waals surface area contributed by atoms with Crippen molar-refractivity contribution in [2.45, 2.75) is 17.9 Å². The quantitative estimate of drug-likeness (QED) is 0.580. The molecule has 0 aliphatic carbocycles. The fourth-order valence-electron chi connectivity index (χ4n) is 1.46. The van der Waals surface area contributed by atoms with Gasteiger partial charge in [0.25, 0.3) is 0 Å². The Morgan fingerprint density at radius 2 is 2.26 bits per heavy atom. The van der Waals surface area contributed by atoms with E-state index >= 15 is 0 Å². The fourth-order valence-corrected chi connectivity index (χ4v) is 3.42. The highest BCUT2D eigenvalue weighted by atomic mass is 79.9. The normalized spacial score (nSPS) is 13.6. The number of nitrogens with one attached hydrogen (secondary N) is 1. The van der Waals surface area contributed by atoms with Crippen LogP contribution in [0.2, 0.25) is 0 Å². The second-order valence-electron chi connectivity index (χ2n) is 3.97. The molecule has 0 radical (unpaired) electrons. The summed E-state index contributed by atoms with van der Waals surface area (Å²) in [4.78, 5) is 3.94. The molecule has 9 heteroatoms. The third-order valence-corrected chi connectivity index (χ3v) is 5.06. The van der Waals surface area contributed by atoms with E-state index in [1.807, 2.05) is 0 Å². The Morgan fingerprint density at radius 1 is 1.63 bits per heavy atom. The molecule has 0 saturated heterocycles. The maximum absolute atomic E-state index is 12.5. The van der Waals surface area contributed by atoms with Crippen LogP contribution in [0.25, 0.3) is 0 Å². The first-order valence-corrected chi connectivity index (χ1v) is 7.67. The summed E-state index contributed by atoms with van der Waals surface area (Å²) in [5.74, 6) is 5.39. The Labute approximate surface area is 121 Å². The van der Waals surface area contributed by atoms with Crippen LogP contribution in [0.1, 0.15) is 6.92 Å². The van der Waals surface area contributed by atoms with Gasteiger partial charge in [0, 0.05) is 30.9 Å². The summed E-state index contributed by atoms with van der Waals surface area (Å²) in [5.41, 5.74) is 2.29. The molecule has 7 nitrogen and oxygen atoms in total. The van der Waals surface area contributed by atoms with Crippen LogP contribution in [-0.2, 0) is 14.8 Å². The highest BCUT2D eigenvalue weighted by Gasteiger charge is 2.28. The minimum atomic E-state index is -3.71. The molecule has 0 aliphatic rings. The zero-order chi connectivity index (χ0) is 14.6. The number of hydrogen-bond acceptors (Lipinski definition) is 6. The SMILES string of the molecule is COCC(C)N(C)S(=O)(=O)c1cc(Br)cnc1NN. The molecule has 0 bridgehead atoms. The number of sulfonamides is 1. The van der Waals surface area contributed by atoms with Gasteiger partial charge in [-0.2, -0.15) is 4.31 Å². The number of halogens is 1. The molecule has 0 aromatic carbocycles. The molecule has 1 unspecified atom stereocenters. The van der Waals surface area contributed by atoms with E-state index in [0.717, 1.165) is 0 Å². The number of ether oxygens (including phenoxy) is 1. The Morgan fingerprint density at radius 3 is 2.79 bits per heavy atom. The highest BCUT2D eigenvalue weighted by Crippen LogP contribution is 2.25. The molecule has 0 saturated carbocycles. The van der Waals surface area contributed by atoms with E-state index in [1.165, 1.54) is 30.7 Å². The first-order valence-electron chi connectivity index (χ1n) is 5.43. The van der Waals surface area contributed by atoms with Gasteiger partial charge >= 0.3 is 0 Å². The molecule has 1 aromatic heterocycles. The Bertz CT molecular complexity index is 538. The average Bonchev–Trinajstić information content (AvgIpc) is 2.38. The third-order valence-electron chi connectivity index (χ3n) is 2.64. The van der Waals surface area contributed by atoms with Gasteiger partial charge in [-0.05, 0) is 28.9 Å². The van der Waals surface area contributed by atoms with Crippen LogP contribution in [0.4, 0.5) is 5.82 Å². The number of rotatable bonds is 6. The zero-order valence-electron chi connectivity index (χ0n) is 10.9. The van der Waals surface area contributed by atoms with Crippen LogP contribution in [0.15, 0.2) is 21.6 Å². The molecule has 3 N–H and O–H groups in total. The topological polar surface area (TPSA) is 97.5 Å². The lowest BCUT2D eigenvalue weighted by Gasteiger charge is -2.24. The lowest BCUT2D eigenvalue weighted by atomic mass is 10.4. The smallest absolute Gasteiger partial charge is 0.246 e. The predicted octanol–water partition coefficient (Wildman–Crippen LogP) is 0.785. The van der Waals surface area contributed by atoms with Gasteiger partial charge in [-0.3, -0.25) is 0 Å². The van der Waals surface area contributed by atoms with Crippen molar-refractivity contribution in [2.24, 2.45) is 5.84 Å². The summed E-state index contributed by atoms with van der Waals surface area (Å²) in [6.07, 6.45) is 1.47. The molecular formula is C10H17BrN4O3S. The fraction of sp³-hybridized carbons (Fsp3) is 0.500. The number of nitrogen functional groups attached to an aromatic ring is 1. The van der Waals surface area contributed by atoms with Crippen molar-refractivity contribution in [3.63, 3.8) is 0 Å². The van der Waals surface area contributed by atoms with Gasteiger partial charge < -0.3 is 10.2 Å². The molecule has 1 aromatic rings. The highest BCUT2D eigenvalue weighted by molar-refractivity contribution is 9.10. The van der Waals surface area contributed by atoms with Crippen LogP contribution >= 0.6 is 15.9 Å². The average molecular weight is 353 g/mol. The number of aromatic nitrogens is 1. The van der Waals surface area contributed by atoms with Gasteiger partial charge in [0.1, 0.15) is 4.90 Å². The Kier molecular flexibility index (Phi) is 5.68. The maximum atomic E-state index is 12.5.